The Bertz CT molecular complexity index is 107. The van der Waals surface area contributed by atoms with Gasteiger partial charge in [-0.1, -0.05) is 0 Å². The van der Waals surface area contributed by atoms with Crippen molar-refractivity contribution in [3.63, 3.8) is 0 Å². The maximum atomic E-state index is 5.40. The highest BCUT2D eigenvalue weighted by molar-refractivity contribution is 4.54. The third-order valence-corrected chi connectivity index (χ3v) is 2.31. The molecule has 0 rings (SSSR count). The molecule has 5 heteroatoms. The van der Waals surface area contributed by atoms with Crippen LogP contribution in [0.5, 0.6) is 0 Å². The van der Waals surface area contributed by atoms with E-state index in [1.807, 2.05) is 0 Å². The Morgan fingerprint density at radius 2 is 1.00 bits per heavy atom. The topological polar surface area (TPSA) is 88.1 Å². The first-order chi connectivity index (χ1) is 7.91. The molecular weight excluding hydrogens is 202 g/mol. The fourth-order valence-electron chi connectivity index (χ4n) is 1.38. The van der Waals surface area contributed by atoms with Crippen LogP contribution in [0.25, 0.3) is 0 Å². The molecule has 0 saturated carbocycles. The van der Waals surface area contributed by atoms with Crippen LogP contribution < -0.4 is 27.4 Å². The van der Waals surface area contributed by atoms with Crippen LogP contribution in [0.4, 0.5) is 0 Å². The van der Waals surface area contributed by atoms with E-state index >= 15 is 0 Å². The van der Waals surface area contributed by atoms with Crippen molar-refractivity contribution in [2.45, 2.75) is 19.3 Å². The predicted molar refractivity (Wildman–Crippen MR) is 70.6 cm³/mol. The Labute approximate surface area is 99.7 Å². The zero-order valence-corrected chi connectivity index (χ0v) is 10.4. The van der Waals surface area contributed by atoms with Crippen LogP contribution in [-0.2, 0) is 0 Å². The fourth-order valence-corrected chi connectivity index (χ4v) is 1.38. The number of nitrogens with two attached hydrogens (primary N) is 2. The predicted octanol–water partition coefficient (Wildman–Crippen LogP) is -1.16. The van der Waals surface area contributed by atoms with E-state index in [1.165, 1.54) is 12.8 Å². The molecule has 0 unspecified atom stereocenters. The average molecular weight is 231 g/mol. The highest BCUT2D eigenvalue weighted by atomic mass is 14.9. The molecule has 7 N–H and O–H groups in total. The summed E-state index contributed by atoms with van der Waals surface area (Å²) in [5.74, 6) is 0. The van der Waals surface area contributed by atoms with Gasteiger partial charge in [0.2, 0.25) is 0 Å². The monoisotopic (exact) mass is 231 g/mol. The third kappa shape index (κ3) is 13.8. The van der Waals surface area contributed by atoms with E-state index in [1.54, 1.807) is 0 Å². The van der Waals surface area contributed by atoms with Crippen LogP contribution in [-0.4, -0.2) is 52.4 Å². The second-order valence-corrected chi connectivity index (χ2v) is 3.89. The van der Waals surface area contributed by atoms with Crippen molar-refractivity contribution >= 4 is 0 Å². The SMILES string of the molecule is NCCCNCCCCNCCNCCN. The lowest BCUT2D eigenvalue weighted by Crippen LogP contribution is -2.31. The second kappa shape index (κ2) is 14.8. The smallest absolute Gasteiger partial charge is 0.00772 e. The van der Waals surface area contributed by atoms with Gasteiger partial charge in [-0.3, -0.25) is 0 Å². The molecule has 0 aromatic rings. The molecular formula is C11H29N5. The average Bonchev–Trinajstić information content (AvgIpc) is 2.31. The minimum absolute atomic E-state index is 0.717. The lowest BCUT2D eigenvalue weighted by Gasteiger charge is -2.06. The molecule has 0 aromatic carbocycles. The van der Waals surface area contributed by atoms with E-state index in [9.17, 15) is 0 Å². The molecule has 0 bridgehead atoms. The van der Waals surface area contributed by atoms with Gasteiger partial charge in [-0.2, -0.15) is 0 Å². The van der Waals surface area contributed by atoms with Gasteiger partial charge in [-0.05, 0) is 45.4 Å². The normalized spacial score (nSPS) is 10.9. The first-order valence-electron chi connectivity index (χ1n) is 6.44. The Balaban J connectivity index is 2.83. The van der Waals surface area contributed by atoms with Gasteiger partial charge in [0.05, 0.1) is 0 Å². The summed E-state index contributed by atoms with van der Waals surface area (Å²) in [6.07, 6.45) is 3.53. The van der Waals surface area contributed by atoms with E-state index in [-0.39, 0.29) is 0 Å². The minimum atomic E-state index is 0.717. The molecule has 0 fully saturated rings. The van der Waals surface area contributed by atoms with E-state index in [4.69, 9.17) is 11.5 Å². The van der Waals surface area contributed by atoms with Crippen LogP contribution in [0.1, 0.15) is 19.3 Å². The summed E-state index contributed by atoms with van der Waals surface area (Å²) in [6, 6.07) is 0. The van der Waals surface area contributed by atoms with Gasteiger partial charge in [-0.15, -0.1) is 0 Å². The fraction of sp³-hybridized carbons (Fsp3) is 1.00. The Morgan fingerprint density at radius 1 is 0.500 bits per heavy atom. The highest BCUT2D eigenvalue weighted by Crippen LogP contribution is 1.84. The second-order valence-electron chi connectivity index (χ2n) is 3.89. The number of hydrogen-bond donors (Lipinski definition) is 5. The van der Waals surface area contributed by atoms with Crippen molar-refractivity contribution in [1.82, 2.24) is 16.0 Å². The van der Waals surface area contributed by atoms with Crippen molar-refractivity contribution in [2.24, 2.45) is 11.5 Å². The van der Waals surface area contributed by atoms with E-state index in [0.29, 0.717) is 6.54 Å². The number of nitrogens with one attached hydrogen (secondary N) is 3. The van der Waals surface area contributed by atoms with Crippen LogP contribution in [0.3, 0.4) is 0 Å². The van der Waals surface area contributed by atoms with Crippen molar-refractivity contribution < 1.29 is 0 Å². The zero-order valence-electron chi connectivity index (χ0n) is 10.4. The van der Waals surface area contributed by atoms with Gasteiger partial charge in [0, 0.05) is 26.2 Å². The van der Waals surface area contributed by atoms with E-state index in [2.05, 4.69) is 16.0 Å². The first-order valence-corrected chi connectivity index (χ1v) is 6.44. The molecule has 0 radical (unpaired) electrons. The largest absolute Gasteiger partial charge is 0.330 e. The van der Waals surface area contributed by atoms with Crippen LogP contribution in [0.15, 0.2) is 0 Å². The number of unbranched alkanes of at least 4 members (excludes halogenated alkanes) is 1. The summed E-state index contributed by atoms with van der Waals surface area (Å²) in [4.78, 5) is 0. The molecule has 0 saturated heterocycles. The summed E-state index contributed by atoms with van der Waals surface area (Å²) in [6.45, 7) is 7.70. The summed E-state index contributed by atoms with van der Waals surface area (Å²) in [5.41, 5.74) is 10.8. The maximum absolute atomic E-state index is 5.40. The quantitative estimate of drug-likeness (QED) is 0.258. The molecule has 5 nitrogen and oxygen atoms in total. The van der Waals surface area contributed by atoms with Crippen molar-refractivity contribution in [3.05, 3.63) is 0 Å². The van der Waals surface area contributed by atoms with Gasteiger partial charge in [0.15, 0.2) is 0 Å². The Kier molecular flexibility index (Phi) is 14.6. The lowest BCUT2D eigenvalue weighted by atomic mass is 10.3. The van der Waals surface area contributed by atoms with Crippen LogP contribution >= 0.6 is 0 Å². The van der Waals surface area contributed by atoms with E-state index < -0.39 is 0 Å². The Morgan fingerprint density at radius 3 is 1.56 bits per heavy atom. The molecule has 98 valence electrons. The molecule has 0 aliphatic rings. The minimum Gasteiger partial charge on any atom is -0.330 e. The zero-order chi connectivity index (χ0) is 11.9. The maximum Gasteiger partial charge on any atom is 0.00772 e. The van der Waals surface area contributed by atoms with Gasteiger partial charge in [-0.25, -0.2) is 0 Å². The lowest BCUT2D eigenvalue weighted by molar-refractivity contribution is 0.562. The molecule has 16 heavy (non-hydrogen) atoms. The molecule has 0 aliphatic heterocycles. The van der Waals surface area contributed by atoms with Gasteiger partial charge >= 0.3 is 0 Å². The summed E-state index contributed by atoms with van der Waals surface area (Å²) in [7, 11) is 0. The van der Waals surface area contributed by atoms with Crippen molar-refractivity contribution in [1.29, 1.82) is 0 Å². The molecule has 0 aromatic heterocycles. The van der Waals surface area contributed by atoms with Gasteiger partial charge in [0.25, 0.3) is 0 Å². The molecule has 0 atom stereocenters. The number of rotatable bonds is 13. The molecule has 0 amide bonds. The van der Waals surface area contributed by atoms with Gasteiger partial charge in [0.1, 0.15) is 0 Å². The van der Waals surface area contributed by atoms with Crippen LogP contribution in [0.2, 0.25) is 0 Å². The first kappa shape index (κ1) is 15.8. The summed E-state index contributed by atoms with van der Waals surface area (Å²) in [5, 5.41) is 10.0. The molecule has 0 spiro atoms. The van der Waals surface area contributed by atoms with E-state index in [0.717, 1.165) is 52.2 Å². The van der Waals surface area contributed by atoms with Crippen molar-refractivity contribution in [2.75, 3.05) is 52.4 Å². The highest BCUT2D eigenvalue weighted by Gasteiger charge is 1.90. The number of hydrogen-bond acceptors (Lipinski definition) is 5. The Hall–Kier alpha value is -0.200. The summed E-state index contributed by atoms with van der Waals surface area (Å²) < 4.78 is 0. The third-order valence-electron chi connectivity index (χ3n) is 2.31. The molecule has 0 heterocycles. The standard InChI is InChI=1S/C11H29N5/c12-4-3-8-14-6-1-2-7-15-10-11-16-9-5-13/h14-16H,1-13H2. The summed E-state index contributed by atoms with van der Waals surface area (Å²) >= 11 is 0. The van der Waals surface area contributed by atoms with Gasteiger partial charge < -0.3 is 27.4 Å². The van der Waals surface area contributed by atoms with Crippen molar-refractivity contribution in [3.8, 4) is 0 Å². The van der Waals surface area contributed by atoms with Crippen LogP contribution in [0, 0.1) is 0 Å². The molecule has 0 aliphatic carbocycles.